The molecule has 0 aliphatic heterocycles. The molecule has 0 radical (unpaired) electrons. The molecule has 2 aromatic heterocycles. The first-order valence-electron chi connectivity index (χ1n) is 9.98. The summed E-state index contributed by atoms with van der Waals surface area (Å²) >= 11 is 0. The number of aliphatic hydroxyl groups excluding tert-OH is 1. The van der Waals surface area contributed by atoms with Crippen LogP contribution >= 0.6 is 0 Å². The summed E-state index contributed by atoms with van der Waals surface area (Å²) in [5.41, 5.74) is 4.64. The topological polar surface area (TPSA) is 107 Å². The minimum Gasteiger partial charge on any atom is -0.394 e. The first kappa shape index (κ1) is 19.8. The monoisotopic (exact) mass is 404 g/mol. The van der Waals surface area contributed by atoms with Crippen LogP contribution in [0.3, 0.4) is 0 Å². The lowest BCUT2D eigenvalue weighted by atomic mass is 9.85. The number of pyridine rings is 1. The molecule has 154 valence electrons. The van der Waals surface area contributed by atoms with Crippen LogP contribution in [-0.2, 0) is 11.2 Å². The largest absolute Gasteiger partial charge is 0.394 e. The molecule has 0 spiro atoms. The Morgan fingerprint density at radius 2 is 1.93 bits per heavy atom. The summed E-state index contributed by atoms with van der Waals surface area (Å²) in [6.45, 7) is 1.59. The zero-order valence-corrected chi connectivity index (χ0v) is 16.7. The number of hydrogen-bond acceptors (Lipinski definition) is 5. The van der Waals surface area contributed by atoms with Crippen molar-refractivity contribution in [1.29, 1.82) is 0 Å². The number of Topliss-reactive ketones (excluding diaryl/α,β-unsaturated/α-hetero) is 1. The molecule has 1 aliphatic carbocycles. The smallest absolute Gasteiger partial charge is 0.224 e. The fraction of sp³-hybridized carbons (Fsp3) is 0.261. The fourth-order valence-electron chi connectivity index (χ4n) is 3.77. The Bertz CT molecular complexity index is 1050. The lowest BCUT2D eigenvalue weighted by Gasteiger charge is -2.23. The number of ketones is 1. The van der Waals surface area contributed by atoms with Crippen molar-refractivity contribution in [2.24, 2.45) is 5.92 Å². The second-order valence-corrected chi connectivity index (χ2v) is 7.58. The van der Waals surface area contributed by atoms with Gasteiger partial charge in [-0.1, -0.05) is 18.2 Å². The molecule has 7 heteroatoms. The van der Waals surface area contributed by atoms with E-state index in [2.05, 4.69) is 20.6 Å². The number of hydrogen-bond donors (Lipinski definition) is 4. The maximum atomic E-state index is 13.1. The van der Waals surface area contributed by atoms with Gasteiger partial charge in [0.05, 0.1) is 29.5 Å². The standard InChI is InChI=1S/C23H24N4O3/c1-14(13-28)25-23(30)16-11-18-20(19(29)12-16)22(26-17-5-3-2-4-6-17)21(27-18)15-7-9-24-10-8-15/h2-10,14,16,26-28H,11-13H2,1H3,(H,25,30)/t14?,16-/m1/s1. The van der Waals surface area contributed by atoms with E-state index in [4.69, 9.17) is 0 Å². The number of H-pyrrole nitrogens is 1. The van der Waals surface area contributed by atoms with Crippen molar-refractivity contribution < 1.29 is 14.7 Å². The summed E-state index contributed by atoms with van der Waals surface area (Å²) < 4.78 is 0. The number of anilines is 2. The zero-order valence-electron chi connectivity index (χ0n) is 16.7. The van der Waals surface area contributed by atoms with E-state index in [9.17, 15) is 14.7 Å². The Hall–Kier alpha value is -3.45. The maximum absolute atomic E-state index is 13.1. The first-order valence-corrected chi connectivity index (χ1v) is 9.98. The number of fused-ring (bicyclic) bond motifs is 1. The van der Waals surface area contributed by atoms with E-state index < -0.39 is 5.92 Å². The molecule has 2 heterocycles. The van der Waals surface area contributed by atoms with Crippen molar-refractivity contribution in [2.45, 2.75) is 25.8 Å². The van der Waals surface area contributed by atoms with Gasteiger partial charge in [-0.15, -0.1) is 0 Å². The summed E-state index contributed by atoms with van der Waals surface area (Å²) in [7, 11) is 0. The van der Waals surface area contributed by atoms with Crippen LogP contribution in [0.2, 0.25) is 0 Å². The summed E-state index contributed by atoms with van der Waals surface area (Å²) in [4.78, 5) is 33.1. The lowest BCUT2D eigenvalue weighted by Crippen LogP contribution is -2.41. The predicted octanol–water partition coefficient (Wildman–Crippen LogP) is 3.06. The van der Waals surface area contributed by atoms with Crippen molar-refractivity contribution >= 4 is 23.1 Å². The molecule has 1 aromatic carbocycles. The highest BCUT2D eigenvalue weighted by atomic mass is 16.3. The number of nitrogens with one attached hydrogen (secondary N) is 3. The highest BCUT2D eigenvalue weighted by Gasteiger charge is 2.35. The number of benzene rings is 1. The van der Waals surface area contributed by atoms with Gasteiger partial charge in [0.15, 0.2) is 5.78 Å². The SMILES string of the molecule is CC(CO)NC(=O)[C@H]1CC(=O)c2c([nH]c(-c3ccncc3)c2Nc2ccccc2)C1. The second kappa shape index (κ2) is 8.51. The Kier molecular flexibility index (Phi) is 5.63. The van der Waals surface area contributed by atoms with Gasteiger partial charge in [0.25, 0.3) is 0 Å². The van der Waals surface area contributed by atoms with Crippen molar-refractivity contribution in [3.8, 4) is 11.3 Å². The van der Waals surface area contributed by atoms with Gasteiger partial charge in [0, 0.05) is 48.2 Å². The van der Waals surface area contributed by atoms with E-state index in [1.165, 1.54) is 0 Å². The quantitative estimate of drug-likeness (QED) is 0.505. The minimum atomic E-state index is -0.465. The Balaban J connectivity index is 1.72. The first-order chi connectivity index (χ1) is 14.6. The molecule has 1 aliphatic rings. The van der Waals surface area contributed by atoms with E-state index >= 15 is 0 Å². The molecule has 1 amide bonds. The van der Waals surface area contributed by atoms with Crippen molar-refractivity contribution in [3.63, 3.8) is 0 Å². The Morgan fingerprint density at radius 3 is 2.63 bits per heavy atom. The molecule has 7 nitrogen and oxygen atoms in total. The number of para-hydroxylation sites is 1. The molecule has 4 rings (SSSR count). The van der Waals surface area contributed by atoms with E-state index in [1.54, 1.807) is 19.3 Å². The van der Waals surface area contributed by atoms with Crippen LogP contribution in [0.1, 0.15) is 29.4 Å². The molecule has 0 fully saturated rings. The molecule has 0 bridgehead atoms. The number of carbonyl (C=O) groups excluding carboxylic acids is 2. The molecular weight excluding hydrogens is 380 g/mol. The van der Waals surface area contributed by atoms with Gasteiger partial charge in [-0.3, -0.25) is 14.6 Å². The molecule has 3 aromatic rings. The third-order valence-corrected chi connectivity index (χ3v) is 5.28. The highest BCUT2D eigenvalue weighted by Crippen LogP contribution is 2.39. The molecule has 4 N–H and O–H groups in total. The molecule has 0 saturated heterocycles. The van der Waals surface area contributed by atoms with E-state index in [-0.39, 0.29) is 30.8 Å². The van der Waals surface area contributed by atoms with Gasteiger partial charge in [-0.05, 0) is 31.2 Å². The zero-order chi connectivity index (χ0) is 21.1. The molecular formula is C23H24N4O3. The number of carbonyl (C=O) groups is 2. The molecule has 2 atom stereocenters. The second-order valence-electron chi connectivity index (χ2n) is 7.58. The van der Waals surface area contributed by atoms with E-state index in [1.807, 2.05) is 42.5 Å². The van der Waals surface area contributed by atoms with E-state index in [0.717, 1.165) is 28.3 Å². The molecule has 30 heavy (non-hydrogen) atoms. The van der Waals surface area contributed by atoms with Crippen LogP contribution < -0.4 is 10.6 Å². The number of aromatic nitrogens is 2. The Labute approximate surface area is 174 Å². The minimum absolute atomic E-state index is 0.0805. The number of rotatable bonds is 6. The highest BCUT2D eigenvalue weighted by molar-refractivity contribution is 6.09. The van der Waals surface area contributed by atoms with Crippen LogP contribution in [-0.4, -0.2) is 39.4 Å². The summed E-state index contributed by atoms with van der Waals surface area (Å²) in [6, 6.07) is 13.1. The van der Waals surface area contributed by atoms with Crippen LogP contribution in [0.5, 0.6) is 0 Å². The van der Waals surface area contributed by atoms with Crippen LogP contribution in [0.25, 0.3) is 11.3 Å². The van der Waals surface area contributed by atoms with Crippen LogP contribution in [0, 0.1) is 5.92 Å². The van der Waals surface area contributed by atoms with Crippen molar-refractivity contribution in [2.75, 3.05) is 11.9 Å². The van der Waals surface area contributed by atoms with Crippen molar-refractivity contribution in [3.05, 3.63) is 66.1 Å². The van der Waals surface area contributed by atoms with Gasteiger partial charge < -0.3 is 20.7 Å². The molecule has 1 unspecified atom stereocenters. The summed E-state index contributed by atoms with van der Waals surface area (Å²) in [6.07, 6.45) is 3.97. The number of aliphatic hydroxyl groups is 1. The molecule has 0 saturated carbocycles. The normalized spacial score (nSPS) is 16.6. The predicted molar refractivity (Wildman–Crippen MR) is 115 cm³/mol. The Morgan fingerprint density at radius 1 is 1.20 bits per heavy atom. The average molecular weight is 404 g/mol. The van der Waals surface area contributed by atoms with Gasteiger partial charge >= 0.3 is 0 Å². The number of aromatic amines is 1. The number of nitrogens with zero attached hydrogens (tertiary/aromatic N) is 1. The lowest BCUT2D eigenvalue weighted by molar-refractivity contribution is -0.126. The van der Waals surface area contributed by atoms with E-state index in [0.29, 0.717) is 12.0 Å². The number of amides is 1. The summed E-state index contributed by atoms with van der Waals surface area (Å²) in [5, 5.41) is 15.4. The van der Waals surface area contributed by atoms with Crippen LogP contribution in [0.15, 0.2) is 54.9 Å². The summed E-state index contributed by atoms with van der Waals surface area (Å²) in [5.74, 6) is -0.760. The van der Waals surface area contributed by atoms with Crippen LogP contribution in [0.4, 0.5) is 11.4 Å². The fourth-order valence-corrected chi connectivity index (χ4v) is 3.77. The van der Waals surface area contributed by atoms with Gasteiger partial charge in [0.2, 0.25) is 5.91 Å². The van der Waals surface area contributed by atoms with Gasteiger partial charge in [-0.25, -0.2) is 0 Å². The average Bonchev–Trinajstić information content (AvgIpc) is 3.13. The van der Waals surface area contributed by atoms with Gasteiger partial charge in [-0.2, -0.15) is 0 Å². The third-order valence-electron chi connectivity index (χ3n) is 5.28. The van der Waals surface area contributed by atoms with Gasteiger partial charge in [0.1, 0.15) is 0 Å². The maximum Gasteiger partial charge on any atom is 0.224 e. The van der Waals surface area contributed by atoms with Crippen molar-refractivity contribution in [1.82, 2.24) is 15.3 Å². The third kappa shape index (κ3) is 3.97.